The number of rotatable bonds is 6. The molecular formula is C77H115Br3O5. The lowest BCUT2D eigenvalue weighted by molar-refractivity contribution is -0.185. The van der Waals surface area contributed by atoms with E-state index in [2.05, 4.69) is 141 Å². The van der Waals surface area contributed by atoms with Gasteiger partial charge in [-0.1, -0.05) is 169 Å². The molecule has 12 aliphatic carbocycles. The second-order valence-corrected chi connectivity index (χ2v) is 35.2. The molecule has 11 fully saturated rings. The predicted molar refractivity (Wildman–Crippen MR) is 360 cm³/mol. The number of hydrogen-bond donors (Lipinski definition) is 0. The van der Waals surface area contributed by atoms with E-state index in [4.69, 9.17) is 18.9 Å². The summed E-state index contributed by atoms with van der Waals surface area (Å²) in [6.07, 6.45) is 38.5. The number of fused-ring (bicyclic) bond motifs is 15. The zero-order valence-electron chi connectivity index (χ0n) is 54.9. The molecule has 0 bridgehead atoms. The van der Waals surface area contributed by atoms with Gasteiger partial charge in [0.15, 0.2) is 17.4 Å². The number of carbonyl (C=O) groups is 1. The first-order valence-corrected chi connectivity index (χ1v) is 38.9. The van der Waals surface area contributed by atoms with Crippen molar-refractivity contribution in [2.75, 3.05) is 42.4 Å². The number of benzene rings is 1. The predicted octanol–water partition coefficient (Wildman–Crippen LogP) is 20.8. The third kappa shape index (κ3) is 11.3. The minimum absolute atomic E-state index is 0.273. The third-order valence-electron chi connectivity index (χ3n) is 29.7. The fourth-order valence-electron chi connectivity index (χ4n) is 25.1. The normalized spacial score (nSPS) is 45.8. The average Bonchev–Trinajstić information content (AvgIpc) is 1.92. The van der Waals surface area contributed by atoms with Gasteiger partial charge in [0.05, 0.1) is 26.4 Å². The molecule has 0 amide bonds. The lowest BCUT2D eigenvalue weighted by Crippen LogP contribution is -2.52. The van der Waals surface area contributed by atoms with Crippen LogP contribution in [0.1, 0.15) is 222 Å². The van der Waals surface area contributed by atoms with Crippen LogP contribution in [-0.4, -0.2) is 59.8 Å². The lowest BCUT2D eigenvalue weighted by atomic mass is 9.46. The van der Waals surface area contributed by atoms with Crippen molar-refractivity contribution in [1.82, 2.24) is 0 Å². The quantitative estimate of drug-likeness (QED) is 0.210. The van der Waals surface area contributed by atoms with Crippen LogP contribution in [0.15, 0.2) is 65.3 Å². The monoisotopic (exact) mass is 1360 g/mol. The van der Waals surface area contributed by atoms with Gasteiger partial charge in [0.2, 0.25) is 0 Å². The van der Waals surface area contributed by atoms with Crippen LogP contribution in [0.3, 0.4) is 0 Å². The second-order valence-electron chi connectivity index (χ2n) is 33.3. The van der Waals surface area contributed by atoms with E-state index < -0.39 is 0 Å². The SMILES string of the molecule is C[C@H](CBr)C1CCC2C3CC=C4CC5(CC[C@]4(C)C3CC[C@@]21C)OCCO5.C[C@H](CBr)C1CCC2C3CCC4=CC(=O)CC[C@]4(C)C3CC[C@@]21C.C[C@H](CBr)C1CCC2C3CCC4=CC5(CC[C@]4(C)C3CC[C@@]21C)OCCO5.Cc1ccccc1. The smallest absolute Gasteiger partial charge is 0.188 e. The van der Waals surface area contributed by atoms with Gasteiger partial charge in [-0.05, 0) is 269 Å². The Kier molecular flexibility index (Phi) is 19.0. The van der Waals surface area contributed by atoms with Crippen molar-refractivity contribution in [3.63, 3.8) is 0 Å². The van der Waals surface area contributed by atoms with Crippen molar-refractivity contribution in [1.29, 1.82) is 0 Å². The molecule has 85 heavy (non-hydrogen) atoms. The molecule has 12 unspecified atom stereocenters. The van der Waals surface area contributed by atoms with E-state index in [-0.39, 0.29) is 11.6 Å². The van der Waals surface area contributed by atoms with Crippen LogP contribution in [-0.2, 0) is 23.7 Å². The Morgan fingerprint density at radius 1 is 0.471 bits per heavy atom. The van der Waals surface area contributed by atoms with Crippen molar-refractivity contribution in [3.8, 4) is 0 Å². The summed E-state index contributed by atoms with van der Waals surface area (Å²) in [5.41, 5.74) is 9.01. The fourth-order valence-corrected chi connectivity index (χ4v) is 26.4. The molecule has 2 aliphatic heterocycles. The number of aryl methyl sites for hydroxylation is 1. The van der Waals surface area contributed by atoms with Crippen LogP contribution < -0.4 is 0 Å². The number of ketones is 1. The highest BCUT2D eigenvalue weighted by atomic mass is 79.9. The number of allylic oxidation sites excluding steroid dienone is 3. The van der Waals surface area contributed by atoms with Gasteiger partial charge in [0.1, 0.15) is 0 Å². The van der Waals surface area contributed by atoms with Crippen LogP contribution in [0, 0.1) is 128 Å². The molecule has 14 aliphatic rings. The van der Waals surface area contributed by atoms with Gasteiger partial charge < -0.3 is 18.9 Å². The summed E-state index contributed by atoms with van der Waals surface area (Å²) in [5, 5.41) is 3.49. The molecule has 2 spiro atoms. The first kappa shape index (κ1) is 64.5. The lowest BCUT2D eigenvalue weighted by Gasteiger charge is -2.59. The van der Waals surface area contributed by atoms with Crippen LogP contribution in [0.25, 0.3) is 0 Å². The van der Waals surface area contributed by atoms with Crippen molar-refractivity contribution < 1.29 is 23.7 Å². The van der Waals surface area contributed by atoms with Crippen LogP contribution in [0.5, 0.6) is 0 Å². The molecule has 1 aromatic carbocycles. The molecule has 2 heterocycles. The summed E-state index contributed by atoms with van der Waals surface area (Å²) in [5.74, 6) is 13.1. The summed E-state index contributed by atoms with van der Waals surface area (Å²) in [6, 6.07) is 10.3. The first-order chi connectivity index (χ1) is 40.6. The summed E-state index contributed by atoms with van der Waals surface area (Å²) in [4.78, 5) is 11.9. The Morgan fingerprint density at radius 2 is 0.918 bits per heavy atom. The maximum absolute atomic E-state index is 11.9. The molecule has 0 aromatic heterocycles. The molecular weight excluding hydrogens is 1240 g/mol. The first-order valence-electron chi connectivity index (χ1n) is 35.5. The Labute approximate surface area is 542 Å². The van der Waals surface area contributed by atoms with Crippen LogP contribution in [0.2, 0.25) is 0 Å². The van der Waals surface area contributed by atoms with Crippen LogP contribution >= 0.6 is 47.8 Å². The number of carbonyl (C=O) groups excluding carboxylic acids is 1. The van der Waals surface area contributed by atoms with E-state index in [0.29, 0.717) is 38.3 Å². The van der Waals surface area contributed by atoms with E-state index >= 15 is 0 Å². The van der Waals surface area contributed by atoms with E-state index in [1.54, 1.807) is 11.1 Å². The largest absolute Gasteiger partial charge is 0.347 e. The molecule has 15 rings (SSSR count). The molecule has 474 valence electrons. The molecule has 0 N–H and O–H groups in total. The van der Waals surface area contributed by atoms with Crippen molar-refractivity contribution in [2.45, 2.75) is 235 Å². The highest BCUT2D eigenvalue weighted by molar-refractivity contribution is 9.09. The molecule has 9 saturated carbocycles. The Balaban J connectivity index is 0.000000118. The third-order valence-corrected chi connectivity index (χ3v) is 32.8. The zero-order valence-corrected chi connectivity index (χ0v) is 59.6. The van der Waals surface area contributed by atoms with E-state index in [9.17, 15) is 4.79 Å². The van der Waals surface area contributed by atoms with Gasteiger partial charge in [-0.2, -0.15) is 0 Å². The van der Waals surface area contributed by atoms with Gasteiger partial charge in [-0.3, -0.25) is 4.79 Å². The highest BCUT2D eigenvalue weighted by Crippen LogP contribution is 2.71. The standard InChI is InChI=1S/2C24H37BrO2.C22H33BrO.C7H8/c2*1-16(15-25)19-6-7-20-18-5-4-17-14-24(26-12-13-27-24)11-10-22(17,2)21(18)8-9-23(19,20)3;1-14(13-23)18-6-7-19-17-5-4-15-12-16(24)8-10-21(15,2)20(17)9-11-22(18,19)3;1-7-5-3-2-4-6-7/h14,16,18-21H,4-13,15H2,1-3H3;4,16,18-21H,5-15H2,1-3H3;12,14,17-20H,4-11,13H2,1-3H3;2-6H,1H3/t2*16-,18?,19?,20?,21?,22+,23-;14-,17?,18?,19?,20?,21+,22-;/m111./s1. The average molecular weight is 1360 g/mol. The minimum atomic E-state index is -0.366. The van der Waals surface area contributed by atoms with Crippen molar-refractivity contribution in [3.05, 3.63) is 70.8 Å². The molecule has 8 heteroatoms. The van der Waals surface area contributed by atoms with E-state index in [1.807, 2.05) is 24.3 Å². The minimum Gasteiger partial charge on any atom is -0.347 e. The van der Waals surface area contributed by atoms with Gasteiger partial charge in [-0.25, -0.2) is 0 Å². The van der Waals surface area contributed by atoms with Crippen molar-refractivity contribution in [2.24, 2.45) is 121 Å². The van der Waals surface area contributed by atoms with E-state index in [1.165, 1.54) is 138 Å². The highest BCUT2D eigenvalue weighted by Gasteiger charge is 2.64. The molecule has 0 radical (unpaired) electrons. The van der Waals surface area contributed by atoms with Gasteiger partial charge in [-0.15, -0.1) is 0 Å². The Morgan fingerprint density at radius 3 is 1.41 bits per heavy atom. The molecule has 21 atom stereocenters. The summed E-state index contributed by atoms with van der Waals surface area (Å²) >= 11 is 11.3. The summed E-state index contributed by atoms with van der Waals surface area (Å²) < 4.78 is 24.3. The summed E-state index contributed by atoms with van der Waals surface area (Å²) in [6.45, 7) is 28.2. The number of hydrogen-bond acceptors (Lipinski definition) is 5. The maximum Gasteiger partial charge on any atom is 0.188 e. The number of alkyl halides is 3. The second kappa shape index (κ2) is 25.0. The van der Waals surface area contributed by atoms with E-state index in [0.717, 1.165) is 158 Å². The Hall–Kier alpha value is -0.610. The maximum atomic E-state index is 11.9. The van der Waals surface area contributed by atoms with Gasteiger partial charge in [0.25, 0.3) is 0 Å². The number of ether oxygens (including phenoxy) is 4. The van der Waals surface area contributed by atoms with Gasteiger partial charge in [0, 0.05) is 41.7 Å². The Bertz CT molecular complexity index is 2620. The van der Waals surface area contributed by atoms with Crippen LogP contribution in [0.4, 0.5) is 0 Å². The molecule has 1 aromatic rings. The zero-order chi connectivity index (χ0) is 60.0. The summed E-state index contributed by atoms with van der Waals surface area (Å²) in [7, 11) is 0. The molecule has 5 nitrogen and oxygen atoms in total. The van der Waals surface area contributed by atoms with Gasteiger partial charge >= 0.3 is 0 Å². The molecule has 2 saturated heterocycles. The fraction of sp³-hybridized carbons (Fsp3) is 0.831. The topological polar surface area (TPSA) is 54.0 Å². The van der Waals surface area contributed by atoms with Crippen molar-refractivity contribution >= 4 is 53.6 Å². The number of halogens is 3.